The molecule has 0 aromatic carbocycles. The SMILES string of the molecule is CCC/C(C)=N\NC(=O)c1nc[nH]c1C(=O)N/N=C(/C)CCC. The topological polar surface area (TPSA) is 112 Å². The summed E-state index contributed by atoms with van der Waals surface area (Å²) >= 11 is 0. The minimum atomic E-state index is -0.541. The van der Waals surface area contributed by atoms with Crippen LogP contribution in [0.3, 0.4) is 0 Å². The van der Waals surface area contributed by atoms with E-state index in [1.807, 2.05) is 27.7 Å². The first-order chi connectivity index (χ1) is 11.0. The molecule has 0 radical (unpaired) electrons. The molecule has 1 aromatic heterocycles. The third-order valence-corrected chi connectivity index (χ3v) is 3.00. The second-order valence-corrected chi connectivity index (χ2v) is 5.20. The van der Waals surface area contributed by atoms with E-state index in [0.717, 1.165) is 37.1 Å². The first kappa shape index (κ1) is 18.5. The van der Waals surface area contributed by atoms with Crippen LogP contribution < -0.4 is 10.9 Å². The number of nitrogens with one attached hydrogen (secondary N) is 3. The molecule has 1 rings (SSSR count). The zero-order chi connectivity index (χ0) is 17.2. The van der Waals surface area contributed by atoms with E-state index in [0.29, 0.717) is 0 Å². The Kier molecular flexibility index (Phi) is 7.65. The molecule has 0 aliphatic rings. The number of aromatic amines is 1. The molecule has 126 valence electrons. The minimum absolute atomic E-state index is 0.0149. The standard InChI is InChI=1S/C15H24N6O2/c1-5-7-10(3)18-20-14(22)12-13(17-9-16-12)15(23)21-19-11(4)8-6-2/h9H,5-8H2,1-4H3,(H,16,17)(H,20,22)(H,21,23)/b18-10-,19-11-. The van der Waals surface area contributed by atoms with Crippen LogP contribution in [0, 0.1) is 0 Å². The molecular weight excluding hydrogens is 296 g/mol. The van der Waals surface area contributed by atoms with Crippen LogP contribution in [-0.4, -0.2) is 33.2 Å². The van der Waals surface area contributed by atoms with Crippen molar-refractivity contribution in [2.24, 2.45) is 10.2 Å². The first-order valence-corrected chi connectivity index (χ1v) is 7.69. The highest BCUT2D eigenvalue weighted by molar-refractivity contribution is 6.05. The maximum Gasteiger partial charge on any atom is 0.292 e. The number of hydrogen-bond acceptors (Lipinski definition) is 5. The molecule has 0 saturated carbocycles. The van der Waals surface area contributed by atoms with Crippen molar-refractivity contribution >= 4 is 23.2 Å². The summed E-state index contributed by atoms with van der Waals surface area (Å²) in [5, 5.41) is 7.95. The number of hydrazone groups is 2. The maximum absolute atomic E-state index is 12.1. The van der Waals surface area contributed by atoms with E-state index in [2.05, 4.69) is 31.0 Å². The van der Waals surface area contributed by atoms with Crippen LogP contribution in [0.4, 0.5) is 0 Å². The van der Waals surface area contributed by atoms with Crippen molar-refractivity contribution in [1.29, 1.82) is 0 Å². The smallest absolute Gasteiger partial charge is 0.292 e. The Morgan fingerprint density at radius 3 is 2.09 bits per heavy atom. The highest BCUT2D eigenvalue weighted by atomic mass is 16.2. The molecule has 8 heteroatoms. The summed E-state index contributed by atoms with van der Waals surface area (Å²) in [6, 6.07) is 0. The summed E-state index contributed by atoms with van der Waals surface area (Å²) in [6.45, 7) is 7.71. The molecule has 0 aliphatic heterocycles. The molecule has 0 spiro atoms. The van der Waals surface area contributed by atoms with Gasteiger partial charge >= 0.3 is 0 Å². The molecule has 0 bridgehead atoms. The van der Waals surface area contributed by atoms with Crippen LogP contribution in [0.1, 0.15) is 74.4 Å². The molecule has 8 nitrogen and oxygen atoms in total. The van der Waals surface area contributed by atoms with Gasteiger partial charge in [-0.15, -0.1) is 0 Å². The quantitative estimate of drug-likeness (QED) is 0.504. The summed E-state index contributed by atoms with van der Waals surface area (Å²) in [5.41, 5.74) is 6.47. The van der Waals surface area contributed by atoms with Gasteiger partial charge in [-0.25, -0.2) is 15.8 Å². The van der Waals surface area contributed by atoms with Gasteiger partial charge < -0.3 is 4.98 Å². The van der Waals surface area contributed by atoms with Crippen molar-refractivity contribution in [2.45, 2.75) is 53.4 Å². The van der Waals surface area contributed by atoms with Gasteiger partial charge in [-0.3, -0.25) is 9.59 Å². The number of amides is 2. The van der Waals surface area contributed by atoms with Crippen LogP contribution in [0.15, 0.2) is 16.5 Å². The van der Waals surface area contributed by atoms with Crippen molar-refractivity contribution in [3.05, 3.63) is 17.7 Å². The van der Waals surface area contributed by atoms with E-state index in [1.54, 1.807) is 0 Å². The van der Waals surface area contributed by atoms with E-state index >= 15 is 0 Å². The summed E-state index contributed by atoms with van der Waals surface area (Å²) < 4.78 is 0. The molecule has 0 saturated heterocycles. The number of rotatable bonds is 8. The number of carbonyl (C=O) groups is 2. The summed E-state index contributed by atoms with van der Waals surface area (Å²) in [7, 11) is 0. The van der Waals surface area contributed by atoms with Gasteiger partial charge in [-0.1, -0.05) is 26.7 Å². The fourth-order valence-electron chi connectivity index (χ4n) is 1.88. The molecule has 1 aromatic rings. The average Bonchev–Trinajstić information content (AvgIpc) is 3.00. The zero-order valence-electron chi connectivity index (χ0n) is 14.1. The average molecular weight is 320 g/mol. The number of H-pyrrole nitrogens is 1. The van der Waals surface area contributed by atoms with E-state index in [4.69, 9.17) is 0 Å². The van der Waals surface area contributed by atoms with Gasteiger partial charge in [-0.2, -0.15) is 10.2 Å². The number of aromatic nitrogens is 2. The van der Waals surface area contributed by atoms with Gasteiger partial charge in [-0.05, 0) is 26.7 Å². The lowest BCUT2D eigenvalue weighted by atomic mass is 10.2. The molecule has 2 amide bonds. The van der Waals surface area contributed by atoms with Gasteiger partial charge in [0.1, 0.15) is 5.69 Å². The van der Waals surface area contributed by atoms with Crippen LogP contribution in [0.5, 0.6) is 0 Å². The van der Waals surface area contributed by atoms with Gasteiger partial charge in [0, 0.05) is 11.4 Å². The van der Waals surface area contributed by atoms with E-state index in [1.165, 1.54) is 6.33 Å². The fourth-order valence-corrected chi connectivity index (χ4v) is 1.88. The van der Waals surface area contributed by atoms with Crippen LogP contribution in [0.2, 0.25) is 0 Å². The largest absolute Gasteiger partial charge is 0.340 e. The molecule has 0 atom stereocenters. The highest BCUT2D eigenvalue weighted by Gasteiger charge is 2.20. The molecule has 0 unspecified atom stereocenters. The monoisotopic (exact) mass is 320 g/mol. The Hall–Kier alpha value is -2.51. The van der Waals surface area contributed by atoms with Gasteiger partial charge in [0.05, 0.1) is 6.33 Å². The van der Waals surface area contributed by atoms with Crippen LogP contribution in [-0.2, 0) is 0 Å². The summed E-state index contributed by atoms with van der Waals surface area (Å²) in [5.74, 6) is -1.06. The number of hydrogen-bond donors (Lipinski definition) is 3. The first-order valence-electron chi connectivity index (χ1n) is 7.69. The van der Waals surface area contributed by atoms with E-state index in [9.17, 15) is 9.59 Å². The molecule has 0 fully saturated rings. The van der Waals surface area contributed by atoms with E-state index in [-0.39, 0.29) is 11.4 Å². The Morgan fingerprint density at radius 2 is 1.57 bits per heavy atom. The number of imidazole rings is 1. The van der Waals surface area contributed by atoms with Crippen molar-refractivity contribution in [3.63, 3.8) is 0 Å². The predicted molar refractivity (Wildman–Crippen MR) is 89.6 cm³/mol. The van der Waals surface area contributed by atoms with Crippen molar-refractivity contribution in [3.8, 4) is 0 Å². The van der Waals surface area contributed by atoms with Gasteiger partial charge in [0.2, 0.25) is 0 Å². The Labute approximate surface area is 135 Å². The lowest BCUT2D eigenvalue weighted by Gasteiger charge is -2.03. The fraction of sp³-hybridized carbons (Fsp3) is 0.533. The maximum atomic E-state index is 12.1. The van der Waals surface area contributed by atoms with Gasteiger partial charge in [0.15, 0.2) is 5.69 Å². The highest BCUT2D eigenvalue weighted by Crippen LogP contribution is 2.03. The Balaban J connectivity index is 2.75. The minimum Gasteiger partial charge on any atom is -0.340 e. The second-order valence-electron chi connectivity index (χ2n) is 5.20. The lowest BCUT2D eigenvalue weighted by molar-refractivity contribution is 0.0915. The van der Waals surface area contributed by atoms with Crippen molar-refractivity contribution < 1.29 is 9.59 Å². The molecule has 1 heterocycles. The summed E-state index contributed by atoms with van der Waals surface area (Å²) in [6.07, 6.45) is 4.76. The lowest BCUT2D eigenvalue weighted by Crippen LogP contribution is -2.26. The van der Waals surface area contributed by atoms with Crippen molar-refractivity contribution in [1.82, 2.24) is 20.8 Å². The van der Waals surface area contributed by atoms with Crippen molar-refractivity contribution in [2.75, 3.05) is 0 Å². The molecular formula is C15H24N6O2. The van der Waals surface area contributed by atoms with Crippen LogP contribution >= 0.6 is 0 Å². The third-order valence-electron chi connectivity index (χ3n) is 3.00. The predicted octanol–water partition coefficient (Wildman–Crippen LogP) is 2.22. The normalized spacial score (nSPS) is 12.2. The Bertz CT molecular complexity index is 552. The molecule has 23 heavy (non-hydrogen) atoms. The number of nitrogens with zero attached hydrogens (tertiary/aromatic N) is 3. The number of carbonyl (C=O) groups excluding carboxylic acids is 2. The summed E-state index contributed by atoms with van der Waals surface area (Å²) in [4.78, 5) is 30.7. The zero-order valence-corrected chi connectivity index (χ0v) is 14.1. The van der Waals surface area contributed by atoms with Crippen LogP contribution in [0.25, 0.3) is 0 Å². The van der Waals surface area contributed by atoms with E-state index < -0.39 is 11.8 Å². The second kappa shape index (κ2) is 9.50. The molecule has 3 N–H and O–H groups in total. The third kappa shape index (κ3) is 6.01. The molecule has 0 aliphatic carbocycles. The van der Waals surface area contributed by atoms with Gasteiger partial charge in [0.25, 0.3) is 11.8 Å². The Morgan fingerprint density at radius 1 is 1.04 bits per heavy atom.